The van der Waals surface area contributed by atoms with Gasteiger partial charge in [-0.1, -0.05) is 66.2 Å². The second-order valence-electron chi connectivity index (χ2n) is 8.86. The maximum absolute atomic E-state index is 13.6. The second kappa shape index (κ2) is 12.5. The van der Waals surface area contributed by atoms with Gasteiger partial charge in [0.1, 0.15) is 6.04 Å². The van der Waals surface area contributed by atoms with Gasteiger partial charge in [0.2, 0.25) is 11.8 Å². The first kappa shape index (κ1) is 25.6. The number of carbonyl (C=O) groups is 3. The van der Waals surface area contributed by atoms with Crippen molar-refractivity contribution in [1.29, 1.82) is 0 Å². The van der Waals surface area contributed by atoms with Gasteiger partial charge >= 0.3 is 0 Å². The number of hydrogen-bond acceptors (Lipinski definition) is 5. The summed E-state index contributed by atoms with van der Waals surface area (Å²) < 4.78 is 5.66. The molecule has 1 fully saturated rings. The molecule has 36 heavy (non-hydrogen) atoms. The molecular formula is C28H31N3O4S. The van der Waals surface area contributed by atoms with Gasteiger partial charge in [-0.15, -0.1) is 11.3 Å². The Balaban J connectivity index is 1.58. The van der Waals surface area contributed by atoms with E-state index >= 15 is 0 Å². The molecule has 2 heterocycles. The van der Waals surface area contributed by atoms with E-state index in [0.29, 0.717) is 23.6 Å². The Morgan fingerprint density at radius 2 is 1.81 bits per heavy atom. The van der Waals surface area contributed by atoms with Crippen molar-refractivity contribution in [2.75, 3.05) is 19.7 Å². The molecule has 0 unspecified atom stereocenters. The number of amides is 3. The molecule has 0 radical (unpaired) electrons. The van der Waals surface area contributed by atoms with Crippen molar-refractivity contribution in [2.24, 2.45) is 0 Å². The van der Waals surface area contributed by atoms with Crippen molar-refractivity contribution in [3.63, 3.8) is 0 Å². The van der Waals surface area contributed by atoms with E-state index < -0.39 is 6.04 Å². The topological polar surface area (TPSA) is 87.7 Å². The van der Waals surface area contributed by atoms with Crippen molar-refractivity contribution in [3.05, 3.63) is 93.7 Å². The van der Waals surface area contributed by atoms with E-state index in [1.165, 1.54) is 11.3 Å². The van der Waals surface area contributed by atoms with E-state index in [1.54, 1.807) is 17.0 Å². The predicted octanol–water partition coefficient (Wildman–Crippen LogP) is 3.85. The molecule has 188 valence electrons. The molecule has 3 amide bonds. The molecule has 0 saturated carbocycles. The number of ether oxygens (including phenoxy) is 1. The number of benzene rings is 2. The molecule has 1 aliphatic heterocycles. The third kappa shape index (κ3) is 6.80. The Bertz CT molecular complexity index is 1140. The predicted molar refractivity (Wildman–Crippen MR) is 140 cm³/mol. The summed E-state index contributed by atoms with van der Waals surface area (Å²) in [6.45, 7) is 3.10. The summed E-state index contributed by atoms with van der Waals surface area (Å²) in [6.07, 6.45) is 1.86. The Labute approximate surface area is 215 Å². The smallest absolute Gasteiger partial charge is 0.261 e. The maximum atomic E-state index is 13.6. The molecule has 0 spiro atoms. The average molecular weight is 506 g/mol. The number of nitrogens with one attached hydrogen (secondary N) is 2. The highest BCUT2D eigenvalue weighted by Gasteiger charge is 2.32. The van der Waals surface area contributed by atoms with Crippen LogP contribution >= 0.6 is 11.3 Å². The van der Waals surface area contributed by atoms with Crippen LogP contribution in [0.3, 0.4) is 0 Å². The molecule has 8 heteroatoms. The lowest BCUT2D eigenvalue weighted by atomic mass is 10.0. The maximum Gasteiger partial charge on any atom is 0.261 e. The minimum Gasteiger partial charge on any atom is -0.376 e. The molecule has 7 nitrogen and oxygen atoms in total. The van der Waals surface area contributed by atoms with Crippen LogP contribution in [0.4, 0.5) is 0 Å². The van der Waals surface area contributed by atoms with E-state index in [9.17, 15) is 14.4 Å². The van der Waals surface area contributed by atoms with Crippen LogP contribution in [0, 0.1) is 6.92 Å². The van der Waals surface area contributed by atoms with Crippen LogP contribution < -0.4 is 10.6 Å². The first-order valence-electron chi connectivity index (χ1n) is 12.1. The third-order valence-electron chi connectivity index (χ3n) is 6.14. The van der Waals surface area contributed by atoms with Gasteiger partial charge < -0.3 is 20.3 Å². The Kier molecular flexibility index (Phi) is 8.86. The van der Waals surface area contributed by atoms with E-state index in [2.05, 4.69) is 10.6 Å². The van der Waals surface area contributed by atoms with Gasteiger partial charge in [0.05, 0.1) is 17.5 Å². The first-order valence-corrected chi connectivity index (χ1v) is 13.0. The van der Waals surface area contributed by atoms with Gasteiger partial charge in [0.15, 0.2) is 0 Å². The average Bonchev–Trinajstić information content (AvgIpc) is 3.62. The van der Waals surface area contributed by atoms with Gasteiger partial charge in [0, 0.05) is 19.7 Å². The van der Waals surface area contributed by atoms with Gasteiger partial charge in [-0.2, -0.15) is 0 Å². The minimum atomic E-state index is -0.861. The lowest BCUT2D eigenvalue weighted by Gasteiger charge is -2.32. The molecule has 0 aliphatic carbocycles. The standard InChI is InChI=1S/C28H31N3O4S/c1-20-11-13-21(14-12-20)19-31(25(32)18-30-27(33)24-10-6-16-36-24)26(22-7-3-2-4-8-22)28(34)29-17-23-9-5-15-35-23/h2-4,6-8,10-14,16,23,26H,5,9,15,17-19H2,1H3,(H,29,34)(H,30,33)/t23-,26-/m0/s1. The molecule has 3 aromatic rings. The summed E-state index contributed by atoms with van der Waals surface area (Å²) in [4.78, 5) is 41.7. The highest BCUT2D eigenvalue weighted by atomic mass is 32.1. The van der Waals surface area contributed by atoms with Crippen LogP contribution in [0.25, 0.3) is 0 Å². The number of carbonyl (C=O) groups excluding carboxylic acids is 3. The highest BCUT2D eigenvalue weighted by Crippen LogP contribution is 2.24. The van der Waals surface area contributed by atoms with Crippen molar-refractivity contribution < 1.29 is 19.1 Å². The molecule has 1 aliphatic rings. The summed E-state index contributed by atoms with van der Waals surface area (Å²) >= 11 is 1.31. The number of thiophene rings is 1. The fraction of sp³-hybridized carbons (Fsp3) is 0.321. The van der Waals surface area contributed by atoms with Crippen molar-refractivity contribution in [3.8, 4) is 0 Å². The summed E-state index contributed by atoms with van der Waals surface area (Å²) in [5.74, 6) is -0.934. The quantitative estimate of drug-likeness (QED) is 0.438. The van der Waals surface area contributed by atoms with E-state index in [1.807, 2.05) is 66.9 Å². The summed E-state index contributed by atoms with van der Waals surface area (Å²) in [6, 6.07) is 19.8. The van der Waals surface area contributed by atoms with Crippen LogP contribution in [-0.4, -0.2) is 48.4 Å². The van der Waals surface area contributed by atoms with Crippen LogP contribution in [0.15, 0.2) is 72.1 Å². The van der Waals surface area contributed by atoms with Gasteiger partial charge in [-0.25, -0.2) is 0 Å². The summed E-state index contributed by atoms with van der Waals surface area (Å²) in [5.41, 5.74) is 2.70. The molecule has 4 rings (SSSR count). The second-order valence-corrected chi connectivity index (χ2v) is 9.81. The summed E-state index contributed by atoms with van der Waals surface area (Å²) in [5, 5.41) is 7.52. The number of aryl methyl sites for hydroxylation is 1. The lowest BCUT2D eigenvalue weighted by molar-refractivity contribution is -0.141. The molecular weight excluding hydrogens is 474 g/mol. The Morgan fingerprint density at radius 3 is 2.47 bits per heavy atom. The number of rotatable bonds is 10. The first-order chi connectivity index (χ1) is 17.5. The fourth-order valence-electron chi connectivity index (χ4n) is 4.19. The zero-order valence-corrected chi connectivity index (χ0v) is 21.1. The van der Waals surface area contributed by atoms with Crippen LogP contribution in [-0.2, 0) is 20.9 Å². The SMILES string of the molecule is Cc1ccc(CN(C(=O)CNC(=O)c2cccs2)[C@H](C(=O)NC[C@@H]2CCCO2)c2ccccc2)cc1. The molecule has 2 atom stereocenters. The van der Waals surface area contributed by atoms with E-state index in [4.69, 9.17) is 4.74 Å². The Hall–Kier alpha value is -3.49. The largest absolute Gasteiger partial charge is 0.376 e. The van der Waals surface area contributed by atoms with Crippen LogP contribution in [0.1, 0.15) is 45.2 Å². The van der Waals surface area contributed by atoms with Crippen molar-refractivity contribution in [1.82, 2.24) is 15.5 Å². The normalized spacial score (nSPS) is 15.8. The van der Waals surface area contributed by atoms with E-state index in [0.717, 1.165) is 24.0 Å². The molecule has 2 aromatic carbocycles. The monoisotopic (exact) mass is 505 g/mol. The minimum absolute atomic E-state index is 0.0169. The van der Waals surface area contributed by atoms with Crippen LogP contribution in [0.5, 0.6) is 0 Å². The molecule has 2 N–H and O–H groups in total. The lowest BCUT2D eigenvalue weighted by Crippen LogP contribution is -2.47. The number of hydrogen-bond donors (Lipinski definition) is 2. The van der Waals surface area contributed by atoms with Gasteiger partial charge in [-0.05, 0) is 42.3 Å². The van der Waals surface area contributed by atoms with Gasteiger partial charge in [-0.3, -0.25) is 14.4 Å². The molecule has 0 bridgehead atoms. The molecule has 1 saturated heterocycles. The zero-order valence-electron chi connectivity index (χ0n) is 20.3. The van der Waals surface area contributed by atoms with Crippen molar-refractivity contribution in [2.45, 2.75) is 38.5 Å². The van der Waals surface area contributed by atoms with Crippen molar-refractivity contribution >= 4 is 29.1 Å². The third-order valence-corrected chi connectivity index (χ3v) is 7.01. The van der Waals surface area contributed by atoms with E-state index in [-0.39, 0.29) is 36.9 Å². The Morgan fingerprint density at radius 1 is 1.03 bits per heavy atom. The zero-order chi connectivity index (χ0) is 25.3. The van der Waals surface area contributed by atoms with Gasteiger partial charge in [0.25, 0.3) is 5.91 Å². The fourth-order valence-corrected chi connectivity index (χ4v) is 4.83. The summed E-state index contributed by atoms with van der Waals surface area (Å²) in [7, 11) is 0. The molecule has 1 aromatic heterocycles. The highest BCUT2D eigenvalue weighted by molar-refractivity contribution is 7.12. The number of nitrogens with zero attached hydrogens (tertiary/aromatic N) is 1. The van der Waals surface area contributed by atoms with Crippen LogP contribution in [0.2, 0.25) is 0 Å².